The molecule has 1 saturated carbocycles. The zero-order valence-electron chi connectivity index (χ0n) is 19.2. The third-order valence-corrected chi connectivity index (χ3v) is 8.24. The minimum Gasteiger partial charge on any atom is -0.481 e. The van der Waals surface area contributed by atoms with E-state index in [1.54, 1.807) is 24.6 Å². The van der Waals surface area contributed by atoms with Crippen molar-refractivity contribution in [3.63, 3.8) is 0 Å². The molecule has 2 heterocycles. The lowest BCUT2D eigenvalue weighted by Gasteiger charge is -2.22. The number of carboxylic acid groups (broad SMARTS) is 1. The zero-order valence-corrected chi connectivity index (χ0v) is 20.7. The second kappa shape index (κ2) is 8.13. The van der Waals surface area contributed by atoms with E-state index in [-0.39, 0.29) is 30.1 Å². The third-order valence-electron chi connectivity index (χ3n) is 7.46. The van der Waals surface area contributed by atoms with E-state index in [0.29, 0.717) is 32.7 Å². The normalized spacial score (nSPS) is 23.3. The van der Waals surface area contributed by atoms with Gasteiger partial charge in [0.2, 0.25) is 0 Å². The molecular formula is C25H21Cl2F3N2O4. The maximum Gasteiger partial charge on any atom is 0.416 e. The van der Waals surface area contributed by atoms with Gasteiger partial charge in [-0.1, -0.05) is 23.2 Å². The Hall–Kier alpha value is -2.75. The summed E-state index contributed by atoms with van der Waals surface area (Å²) in [5.74, 6) is -2.95. The van der Waals surface area contributed by atoms with E-state index in [1.165, 1.54) is 17.0 Å². The second-order valence-corrected chi connectivity index (χ2v) is 10.4. The average Bonchev–Trinajstić information content (AvgIpc) is 3.03. The number of nitrogens with zero attached hydrogens (tertiary/aromatic N) is 2. The average molecular weight is 541 g/mol. The van der Waals surface area contributed by atoms with E-state index in [4.69, 9.17) is 23.2 Å². The smallest absolute Gasteiger partial charge is 0.416 e. The molecule has 3 aromatic rings. The number of hydrogen-bond acceptors (Lipinski definition) is 3. The Bertz CT molecular complexity index is 1450. The van der Waals surface area contributed by atoms with Crippen LogP contribution in [0, 0.1) is 18.8 Å². The van der Waals surface area contributed by atoms with Crippen LogP contribution in [0.15, 0.2) is 30.3 Å². The molecule has 1 aliphatic heterocycles. The van der Waals surface area contributed by atoms with Gasteiger partial charge < -0.3 is 19.7 Å². The summed E-state index contributed by atoms with van der Waals surface area (Å²) in [7, 11) is 1.66. The number of aliphatic carboxylic acids is 1. The summed E-state index contributed by atoms with van der Waals surface area (Å²) < 4.78 is 41.6. The number of aromatic nitrogens is 1. The highest BCUT2D eigenvalue weighted by atomic mass is 35.5. The molecule has 1 saturated heterocycles. The Labute approximate surface area is 213 Å². The van der Waals surface area contributed by atoms with Crippen molar-refractivity contribution in [3.8, 4) is 0 Å². The van der Waals surface area contributed by atoms with Gasteiger partial charge >= 0.3 is 12.1 Å². The lowest BCUT2D eigenvalue weighted by atomic mass is 10.0. The van der Waals surface area contributed by atoms with Gasteiger partial charge in [0.1, 0.15) is 5.60 Å². The lowest BCUT2D eigenvalue weighted by molar-refractivity contribution is -0.141. The number of alkyl halides is 3. The predicted octanol–water partition coefficient (Wildman–Crippen LogP) is 4.92. The molecule has 11 heteroatoms. The van der Waals surface area contributed by atoms with Gasteiger partial charge in [0, 0.05) is 47.6 Å². The molecular weight excluding hydrogens is 520 g/mol. The molecule has 2 fully saturated rings. The number of rotatable bonds is 4. The summed E-state index contributed by atoms with van der Waals surface area (Å²) in [4.78, 5) is 25.8. The molecule has 2 N–H and O–H groups in total. The Morgan fingerprint density at radius 3 is 2.47 bits per heavy atom. The number of hydrogen-bond donors (Lipinski definition) is 2. The molecule has 1 aromatic heterocycles. The summed E-state index contributed by atoms with van der Waals surface area (Å²) in [5.41, 5.74) is -0.0274. The van der Waals surface area contributed by atoms with E-state index in [1.807, 2.05) is 0 Å². The van der Waals surface area contributed by atoms with Crippen molar-refractivity contribution in [2.45, 2.75) is 25.1 Å². The molecule has 5 rings (SSSR count). The minimum absolute atomic E-state index is 0.102. The predicted molar refractivity (Wildman–Crippen MR) is 127 cm³/mol. The molecule has 190 valence electrons. The van der Waals surface area contributed by atoms with E-state index in [0.717, 1.165) is 12.1 Å². The number of aryl methyl sites for hydroxylation is 2. The Morgan fingerprint density at radius 2 is 1.89 bits per heavy atom. The van der Waals surface area contributed by atoms with Crippen molar-refractivity contribution in [2.75, 3.05) is 13.1 Å². The van der Waals surface area contributed by atoms with Gasteiger partial charge in [0.25, 0.3) is 5.91 Å². The summed E-state index contributed by atoms with van der Waals surface area (Å²) in [5, 5.41) is 20.8. The first-order chi connectivity index (χ1) is 16.7. The number of carboxylic acids is 1. The van der Waals surface area contributed by atoms with Crippen LogP contribution in [-0.4, -0.2) is 50.2 Å². The standard InChI is InChI=1S/C25H21Cl2F3N2O4/c1-11-5-12(25(28,29)30)6-19-15(11)7-13(31(19)2)8-16-18(26)4-3-14(21(16)27)22(33)32-9-17-20(23(34)35)24(17,36)10-32/h3-7,17,20,36H,8-10H2,1-2H3,(H,34,35)/t17-,20?,24+/m1/s1. The largest absolute Gasteiger partial charge is 0.481 e. The van der Waals surface area contributed by atoms with Gasteiger partial charge in [-0.15, -0.1) is 0 Å². The van der Waals surface area contributed by atoms with Crippen LogP contribution in [0.2, 0.25) is 10.0 Å². The highest BCUT2D eigenvalue weighted by Crippen LogP contribution is 2.56. The lowest BCUT2D eigenvalue weighted by Crippen LogP contribution is -2.37. The van der Waals surface area contributed by atoms with Gasteiger partial charge in [-0.2, -0.15) is 13.2 Å². The third kappa shape index (κ3) is 3.76. The number of carbonyl (C=O) groups is 2. The number of amides is 1. The first-order valence-electron chi connectivity index (χ1n) is 11.1. The van der Waals surface area contributed by atoms with Crippen molar-refractivity contribution < 1.29 is 33.0 Å². The minimum atomic E-state index is -4.47. The quantitative estimate of drug-likeness (QED) is 0.492. The molecule has 0 radical (unpaired) electrons. The zero-order chi connectivity index (χ0) is 26.3. The highest BCUT2D eigenvalue weighted by molar-refractivity contribution is 6.38. The summed E-state index contributed by atoms with van der Waals surface area (Å²) >= 11 is 13.0. The first-order valence-corrected chi connectivity index (χ1v) is 11.9. The molecule has 3 atom stereocenters. The van der Waals surface area contributed by atoms with Gasteiger partial charge in [0.05, 0.1) is 28.6 Å². The van der Waals surface area contributed by atoms with Crippen LogP contribution in [0.3, 0.4) is 0 Å². The van der Waals surface area contributed by atoms with Crippen LogP contribution in [0.1, 0.15) is 32.7 Å². The molecule has 1 aliphatic carbocycles. The Kier molecular flexibility index (Phi) is 5.63. The van der Waals surface area contributed by atoms with Crippen LogP contribution in [0.25, 0.3) is 10.9 Å². The Morgan fingerprint density at radius 1 is 1.19 bits per heavy atom. The fourth-order valence-corrected chi connectivity index (χ4v) is 5.99. The molecule has 0 spiro atoms. The van der Waals surface area contributed by atoms with Gasteiger partial charge in [-0.25, -0.2) is 0 Å². The monoisotopic (exact) mass is 540 g/mol. The van der Waals surface area contributed by atoms with Gasteiger partial charge in [-0.3, -0.25) is 9.59 Å². The van der Waals surface area contributed by atoms with Crippen LogP contribution >= 0.6 is 23.2 Å². The Balaban J connectivity index is 1.46. The number of halogens is 5. The number of piperidine rings is 1. The van der Waals surface area contributed by atoms with Crippen LogP contribution in [0.4, 0.5) is 13.2 Å². The molecule has 2 aliphatic rings. The van der Waals surface area contributed by atoms with Crippen molar-refractivity contribution in [1.82, 2.24) is 9.47 Å². The van der Waals surface area contributed by atoms with E-state index < -0.39 is 41.1 Å². The van der Waals surface area contributed by atoms with Gasteiger partial charge in [0.15, 0.2) is 0 Å². The van der Waals surface area contributed by atoms with Crippen molar-refractivity contribution in [2.24, 2.45) is 18.9 Å². The van der Waals surface area contributed by atoms with Crippen molar-refractivity contribution >= 4 is 46.0 Å². The number of β-amino-alcohol motifs (C(OH)–C–C–N with tert-alkyl or cyclic N) is 1. The summed E-state index contributed by atoms with van der Waals surface area (Å²) in [6, 6.07) is 6.98. The summed E-state index contributed by atoms with van der Waals surface area (Å²) in [6.07, 6.45) is -4.31. The molecule has 6 nitrogen and oxygen atoms in total. The van der Waals surface area contributed by atoms with Crippen molar-refractivity contribution in [1.29, 1.82) is 0 Å². The van der Waals surface area contributed by atoms with Crippen molar-refractivity contribution in [3.05, 3.63) is 68.3 Å². The summed E-state index contributed by atoms with van der Waals surface area (Å²) in [6.45, 7) is 1.61. The highest BCUT2D eigenvalue weighted by Gasteiger charge is 2.72. The molecule has 1 amide bonds. The maximum atomic E-state index is 13.3. The van der Waals surface area contributed by atoms with Gasteiger partial charge in [-0.05, 0) is 48.4 Å². The first kappa shape index (κ1) is 24.9. The SMILES string of the molecule is Cc1cc(C(F)(F)F)cc2c1cc(Cc1c(Cl)ccc(C(=O)N3C[C@@H]4C(C(=O)O)[C@]4(O)C3)c1Cl)n2C. The number of carbonyl (C=O) groups excluding carboxylic acids is 1. The van der Waals surface area contributed by atoms with Crippen LogP contribution in [-0.2, 0) is 24.4 Å². The number of fused-ring (bicyclic) bond motifs is 2. The molecule has 1 unspecified atom stereocenters. The molecule has 36 heavy (non-hydrogen) atoms. The van der Waals surface area contributed by atoms with E-state index >= 15 is 0 Å². The number of benzene rings is 2. The van der Waals surface area contributed by atoms with E-state index in [9.17, 15) is 33.0 Å². The van der Waals surface area contributed by atoms with E-state index in [2.05, 4.69) is 0 Å². The second-order valence-electron chi connectivity index (χ2n) is 9.58. The topological polar surface area (TPSA) is 82.8 Å². The van der Waals surface area contributed by atoms with Crippen LogP contribution in [0.5, 0.6) is 0 Å². The fourth-order valence-electron chi connectivity index (χ4n) is 5.40. The number of likely N-dealkylation sites (tertiary alicyclic amines) is 1. The molecule has 0 bridgehead atoms. The number of aliphatic hydroxyl groups is 1. The molecule has 2 aromatic carbocycles. The maximum absolute atomic E-state index is 13.3. The van der Waals surface area contributed by atoms with Crippen LogP contribution < -0.4 is 0 Å². The fraction of sp³-hybridized carbons (Fsp3) is 0.360.